The first-order valence-electron chi connectivity index (χ1n) is 8.84. The van der Waals surface area contributed by atoms with Crippen molar-refractivity contribution in [2.24, 2.45) is 5.92 Å². The van der Waals surface area contributed by atoms with Crippen molar-refractivity contribution in [3.8, 4) is 11.5 Å². The summed E-state index contributed by atoms with van der Waals surface area (Å²) in [5.74, 6) is 1.82. The standard InChI is InChI=1S/C19H30N2O3/c1-13(2)8-10-24-17-6-5-15(12-18(17)23-4)19(22)21-16-7-9-20-14(3)11-16/h5-6,12-14,16,20H,7-11H2,1-4H3,(H,21,22). The smallest absolute Gasteiger partial charge is 0.251 e. The molecule has 2 N–H and O–H groups in total. The molecular formula is C19H30N2O3. The van der Waals surface area contributed by atoms with Gasteiger partial charge >= 0.3 is 0 Å². The fraction of sp³-hybridized carbons (Fsp3) is 0.632. The molecule has 0 radical (unpaired) electrons. The van der Waals surface area contributed by atoms with Crippen molar-refractivity contribution in [2.45, 2.75) is 52.1 Å². The van der Waals surface area contributed by atoms with Crippen LogP contribution < -0.4 is 20.1 Å². The molecular weight excluding hydrogens is 304 g/mol. The molecule has 2 unspecified atom stereocenters. The van der Waals surface area contributed by atoms with Crippen LogP contribution in [0.15, 0.2) is 18.2 Å². The van der Waals surface area contributed by atoms with Gasteiger partial charge in [-0.05, 0) is 56.8 Å². The van der Waals surface area contributed by atoms with Crippen molar-refractivity contribution >= 4 is 5.91 Å². The zero-order chi connectivity index (χ0) is 17.5. The van der Waals surface area contributed by atoms with Gasteiger partial charge in [0.05, 0.1) is 13.7 Å². The second-order valence-electron chi connectivity index (χ2n) is 6.95. The van der Waals surface area contributed by atoms with Crippen LogP contribution in [0.4, 0.5) is 0 Å². The summed E-state index contributed by atoms with van der Waals surface area (Å²) in [6.45, 7) is 8.06. The molecule has 5 nitrogen and oxygen atoms in total. The second-order valence-corrected chi connectivity index (χ2v) is 6.95. The Bertz CT molecular complexity index is 545. The lowest BCUT2D eigenvalue weighted by Crippen LogP contribution is -2.46. The number of ether oxygens (including phenoxy) is 2. The lowest BCUT2D eigenvalue weighted by Gasteiger charge is -2.28. The molecule has 0 spiro atoms. The van der Waals surface area contributed by atoms with Gasteiger partial charge in [0.25, 0.3) is 5.91 Å². The lowest BCUT2D eigenvalue weighted by atomic mass is 10.0. The topological polar surface area (TPSA) is 59.6 Å². The molecule has 1 heterocycles. The van der Waals surface area contributed by atoms with E-state index in [4.69, 9.17) is 9.47 Å². The van der Waals surface area contributed by atoms with Crippen LogP contribution in [-0.2, 0) is 0 Å². The van der Waals surface area contributed by atoms with Crippen LogP contribution in [0.25, 0.3) is 0 Å². The number of nitrogens with one attached hydrogen (secondary N) is 2. The SMILES string of the molecule is COc1cc(C(=O)NC2CCNC(C)C2)ccc1OCCC(C)C. The summed E-state index contributed by atoms with van der Waals surface area (Å²) in [5.41, 5.74) is 0.606. The van der Waals surface area contributed by atoms with E-state index < -0.39 is 0 Å². The molecule has 24 heavy (non-hydrogen) atoms. The fourth-order valence-electron chi connectivity index (χ4n) is 2.86. The first-order valence-corrected chi connectivity index (χ1v) is 8.84. The molecule has 0 saturated carbocycles. The van der Waals surface area contributed by atoms with E-state index in [1.165, 1.54) is 0 Å². The summed E-state index contributed by atoms with van der Waals surface area (Å²) in [4.78, 5) is 12.5. The minimum absolute atomic E-state index is 0.0545. The maximum atomic E-state index is 12.5. The Hall–Kier alpha value is -1.75. The van der Waals surface area contributed by atoms with Gasteiger partial charge in [-0.15, -0.1) is 0 Å². The van der Waals surface area contributed by atoms with Gasteiger partial charge in [-0.3, -0.25) is 4.79 Å². The van der Waals surface area contributed by atoms with Crippen LogP contribution in [0.1, 0.15) is 50.4 Å². The molecule has 1 amide bonds. The quantitative estimate of drug-likeness (QED) is 0.805. The zero-order valence-electron chi connectivity index (χ0n) is 15.2. The van der Waals surface area contributed by atoms with Gasteiger partial charge in [0.2, 0.25) is 0 Å². The largest absolute Gasteiger partial charge is 0.493 e. The van der Waals surface area contributed by atoms with Crippen LogP contribution in [0.2, 0.25) is 0 Å². The van der Waals surface area contributed by atoms with Gasteiger partial charge < -0.3 is 20.1 Å². The highest BCUT2D eigenvalue weighted by molar-refractivity contribution is 5.95. The predicted molar refractivity (Wildman–Crippen MR) is 95.9 cm³/mol. The van der Waals surface area contributed by atoms with Crippen molar-refractivity contribution in [3.63, 3.8) is 0 Å². The molecule has 0 bridgehead atoms. The minimum Gasteiger partial charge on any atom is -0.493 e. The first kappa shape index (κ1) is 18.6. The Balaban J connectivity index is 1.98. The third-order valence-electron chi connectivity index (χ3n) is 4.34. The van der Waals surface area contributed by atoms with Crippen molar-refractivity contribution in [3.05, 3.63) is 23.8 Å². The Morgan fingerprint density at radius 3 is 2.83 bits per heavy atom. The number of methoxy groups -OCH3 is 1. The monoisotopic (exact) mass is 334 g/mol. The highest BCUT2D eigenvalue weighted by atomic mass is 16.5. The van der Waals surface area contributed by atoms with E-state index in [1.54, 1.807) is 19.2 Å². The first-order chi connectivity index (χ1) is 11.5. The number of carbonyl (C=O) groups excluding carboxylic acids is 1. The Morgan fingerprint density at radius 2 is 2.17 bits per heavy atom. The molecule has 1 aliphatic rings. The number of rotatable bonds is 7. The van der Waals surface area contributed by atoms with E-state index in [1.807, 2.05) is 6.07 Å². The minimum atomic E-state index is -0.0545. The molecule has 0 aliphatic carbocycles. The van der Waals surface area contributed by atoms with Crippen LogP contribution >= 0.6 is 0 Å². The van der Waals surface area contributed by atoms with Gasteiger partial charge in [-0.2, -0.15) is 0 Å². The summed E-state index contributed by atoms with van der Waals surface area (Å²) >= 11 is 0. The van der Waals surface area contributed by atoms with Crippen LogP contribution in [0.5, 0.6) is 11.5 Å². The van der Waals surface area contributed by atoms with Gasteiger partial charge in [0, 0.05) is 17.6 Å². The number of hydrogen-bond donors (Lipinski definition) is 2. The Morgan fingerprint density at radius 1 is 1.38 bits per heavy atom. The van der Waals surface area contributed by atoms with E-state index in [9.17, 15) is 4.79 Å². The second kappa shape index (κ2) is 8.92. The number of carbonyl (C=O) groups is 1. The van der Waals surface area contributed by atoms with E-state index in [0.717, 1.165) is 25.8 Å². The number of hydrogen-bond acceptors (Lipinski definition) is 4. The zero-order valence-corrected chi connectivity index (χ0v) is 15.2. The van der Waals surface area contributed by atoms with E-state index in [2.05, 4.69) is 31.4 Å². The molecule has 0 aromatic heterocycles. The fourth-order valence-corrected chi connectivity index (χ4v) is 2.86. The highest BCUT2D eigenvalue weighted by Gasteiger charge is 2.21. The average Bonchev–Trinajstić information content (AvgIpc) is 2.54. The molecule has 5 heteroatoms. The van der Waals surface area contributed by atoms with E-state index in [0.29, 0.717) is 35.6 Å². The molecule has 1 fully saturated rings. The number of benzene rings is 1. The summed E-state index contributed by atoms with van der Waals surface area (Å²) in [5, 5.41) is 6.51. The molecule has 2 rings (SSSR count). The molecule has 2 atom stereocenters. The van der Waals surface area contributed by atoms with Crippen LogP contribution in [0.3, 0.4) is 0 Å². The Labute approximate surface area is 145 Å². The molecule has 1 aromatic carbocycles. The summed E-state index contributed by atoms with van der Waals surface area (Å²) in [6, 6.07) is 6.04. The van der Waals surface area contributed by atoms with Gasteiger partial charge in [0.15, 0.2) is 11.5 Å². The molecule has 134 valence electrons. The predicted octanol–water partition coefficient (Wildman–Crippen LogP) is 2.99. The van der Waals surface area contributed by atoms with Gasteiger partial charge in [-0.25, -0.2) is 0 Å². The van der Waals surface area contributed by atoms with Crippen molar-refractivity contribution in [1.29, 1.82) is 0 Å². The lowest BCUT2D eigenvalue weighted by molar-refractivity contribution is 0.0925. The van der Waals surface area contributed by atoms with Crippen molar-refractivity contribution in [1.82, 2.24) is 10.6 Å². The van der Waals surface area contributed by atoms with E-state index in [-0.39, 0.29) is 11.9 Å². The van der Waals surface area contributed by atoms with Gasteiger partial charge in [0.1, 0.15) is 0 Å². The van der Waals surface area contributed by atoms with Crippen molar-refractivity contribution < 1.29 is 14.3 Å². The molecule has 1 saturated heterocycles. The summed E-state index contributed by atoms with van der Waals surface area (Å²) in [7, 11) is 1.60. The van der Waals surface area contributed by atoms with Crippen LogP contribution in [0, 0.1) is 5.92 Å². The highest BCUT2D eigenvalue weighted by Crippen LogP contribution is 2.28. The maximum Gasteiger partial charge on any atom is 0.251 e. The third kappa shape index (κ3) is 5.41. The molecule has 1 aliphatic heterocycles. The van der Waals surface area contributed by atoms with Crippen LogP contribution in [-0.4, -0.2) is 38.3 Å². The Kier molecular flexibility index (Phi) is 6.91. The maximum absolute atomic E-state index is 12.5. The van der Waals surface area contributed by atoms with Gasteiger partial charge in [-0.1, -0.05) is 13.8 Å². The summed E-state index contributed by atoms with van der Waals surface area (Å²) in [6.07, 6.45) is 2.90. The number of piperidine rings is 1. The number of amides is 1. The normalized spacial score (nSPS) is 20.7. The average molecular weight is 334 g/mol. The van der Waals surface area contributed by atoms with Crippen molar-refractivity contribution in [2.75, 3.05) is 20.3 Å². The summed E-state index contributed by atoms with van der Waals surface area (Å²) < 4.78 is 11.2. The third-order valence-corrected chi connectivity index (χ3v) is 4.34. The molecule has 1 aromatic rings. The van der Waals surface area contributed by atoms with E-state index >= 15 is 0 Å².